The van der Waals surface area contributed by atoms with Gasteiger partial charge in [0.05, 0.1) is 12.1 Å². The van der Waals surface area contributed by atoms with Gasteiger partial charge in [-0.15, -0.1) is 0 Å². The molecule has 0 amide bonds. The Bertz CT molecular complexity index is 536. The first-order valence-corrected chi connectivity index (χ1v) is 7.76. The van der Waals surface area contributed by atoms with Crippen LogP contribution in [0, 0.1) is 0 Å². The number of furan rings is 1. The molecule has 1 aromatic heterocycles. The van der Waals surface area contributed by atoms with Crippen LogP contribution in [0.5, 0.6) is 0 Å². The number of sulfonamides is 1. The highest BCUT2D eigenvalue weighted by molar-refractivity contribution is 7.89. The molecule has 2 rings (SSSR count). The van der Waals surface area contributed by atoms with Crippen LogP contribution in [0.25, 0.3) is 0 Å². The van der Waals surface area contributed by atoms with Gasteiger partial charge in [-0.25, -0.2) is 13.1 Å². The van der Waals surface area contributed by atoms with Gasteiger partial charge in [0.2, 0.25) is 5.09 Å². The first kappa shape index (κ1) is 14.5. The lowest BCUT2D eigenvalue weighted by Crippen LogP contribution is -2.45. The molecule has 2 heterocycles. The largest absolute Gasteiger partial charge is 0.447 e. The quantitative estimate of drug-likeness (QED) is 0.861. The summed E-state index contributed by atoms with van der Waals surface area (Å²) in [4.78, 5) is 0. The van der Waals surface area contributed by atoms with Gasteiger partial charge >= 0.3 is 0 Å². The minimum absolute atomic E-state index is 0.0859. The van der Waals surface area contributed by atoms with Crippen LogP contribution in [0.4, 0.5) is 0 Å². The Morgan fingerprint density at radius 1 is 1.47 bits per heavy atom. The van der Waals surface area contributed by atoms with Crippen molar-refractivity contribution >= 4 is 10.0 Å². The molecule has 1 fully saturated rings. The van der Waals surface area contributed by atoms with Crippen molar-refractivity contribution in [3.63, 3.8) is 0 Å². The lowest BCUT2D eigenvalue weighted by atomic mass is 9.95. The Morgan fingerprint density at radius 2 is 2.21 bits per heavy atom. The molecule has 0 radical (unpaired) electrons. The predicted molar refractivity (Wildman–Crippen MR) is 70.0 cm³/mol. The molecule has 1 aliphatic heterocycles. The number of ether oxygens (including phenoxy) is 1. The number of rotatable bonds is 4. The Labute approximate surface area is 113 Å². The molecule has 19 heavy (non-hydrogen) atoms. The molecule has 108 valence electrons. The standard InChI is InChI=1S/C12H20N2O4S/c1-12(2)7-9(5-6-17-12)14-19(15,16)11-4-3-10(8-13)18-11/h3-4,9,14H,5-8,13H2,1-2H3. The van der Waals surface area contributed by atoms with E-state index in [-0.39, 0.29) is 23.3 Å². The van der Waals surface area contributed by atoms with Crippen LogP contribution in [-0.4, -0.2) is 26.7 Å². The fourth-order valence-electron chi connectivity index (χ4n) is 2.22. The highest BCUT2D eigenvalue weighted by atomic mass is 32.2. The topological polar surface area (TPSA) is 94.6 Å². The maximum atomic E-state index is 12.2. The van der Waals surface area contributed by atoms with Crippen molar-refractivity contribution in [1.29, 1.82) is 0 Å². The van der Waals surface area contributed by atoms with Gasteiger partial charge in [-0.05, 0) is 38.8 Å². The molecule has 1 unspecified atom stereocenters. The van der Waals surface area contributed by atoms with Crippen molar-refractivity contribution < 1.29 is 17.6 Å². The van der Waals surface area contributed by atoms with E-state index in [9.17, 15) is 8.42 Å². The van der Waals surface area contributed by atoms with Crippen LogP contribution in [0.3, 0.4) is 0 Å². The number of hydrogen-bond acceptors (Lipinski definition) is 5. The van der Waals surface area contributed by atoms with Crippen LogP contribution < -0.4 is 10.5 Å². The van der Waals surface area contributed by atoms with Gasteiger partial charge in [0.25, 0.3) is 10.0 Å². The van der Waals surface area contributed by atoms with Crippen molar-refractivity contribution in [3.8, 4) is 0 Å². The van der Waals surface area contributed by atoms with Gasteiger partial charge in [-0.2, -0.15) is 0 Å². The first-order chi connectivity index (χ1) is 8.82. The van der Waals surface area contributed by atoms with Gasteiger partial charge in [-0.3, -0.25) is 0 Å². The van der Waals surface area contributed by atoms with Crippen molar-refractivity contribution in [1.82, 2.24) is 4.72 Å². The van der Waals surface area contributed by atoms with Gasteiger partial charge in [0, 0.05) is 12.6 Å². The third kappa shape index (κ3) is 3.56. The minimum Gasteiger partial charge on any atom is -0.447 e. The van der Waals surface area contributed by atoms with Crippen molar-refractivity contribution in [3.05, 3.63) is 17.9 Å². The van der Waals surface area contributed by atoms with E-state index < -0.39 is 10.0 Å². The zero-order chi connectivity index (χ0) is 14.1. The first-order valence-electron chi connectivity index (χ1n) is 6.27. The monoisotopic (exact) mass is 288 g/mol. The molecule has 1 aromatic rings. The van der Waals surface area contributed by atoms with E-state index in [2.05, 4.69) is 4.72 Å². The van der Waals surface area contributed by atoms with Crippen molar-refractivity contribution in [2.24, 2.45) is 5.73 Å². The molecular weight excluding hydrogens is 268 g/mol. The maximum absolute atomic E-state index is 12.2. The van der Waals surface area contributed by atoms with Crippen LogP contribution in [-0.2, 0) is 21.3 Å². The molecule has 0 saturated carbocycles. The molecule has 7 heteroatoms. The smallest absolute Gasteiger partial charge is 0.274 e. The lowest BCUT2D eigenvalue weighted by molar-refractivity contribution is -0.0599. The van der Waals surface area contributed by atoms with E-state index in [1.807, 2.05) is 13.8 Å². The number of nitrogens with one attached hydrogen (secondary N) is 1. The highest BCUT2D eigenvalue weighted by Crippen LogP contribution is 2.25. The summed E-state index contributed by atoms with van der Waals surface area (Å²) in [6.45, 7) is 4.63. The van der Waals surface area contributed by atoms with E-state index in [0.717, 1.165) is 0 Å². The van der Waals surface area contributed by atoms with Crippen molar-refractivity contribution in [2.75, 3.05) is 6.61 Å². The minimum atomic E-state index is -3.63. The second kappa shape index (κ2) is 5.24. The molecule has 0 bridgehead atoms. The van der Waals surface area contributed by atoms with E-state index in [1.165, 1.54) is 6.07 Å². The molecule has 1 saturated heterocycles. The summed E-state index contributed by atoms with van der Waals surface area (Å²) in [7, 11) is -3.63. The van der Waals surface area contributed by atoms with Crippen LogP contribution in [0.2, 0.25) is 0 Å². The van der Waals surface area contributed by atoms with Gasteiger partial charge in [0.15, 0.2) is 0 Å². The molecule has 1 atom stereocenters. The highest BCUT2D eigenvalue weighted by Gasteiger charge is 2.32. The SMILES string of the molecule is CC1(C)CC(NS(=O)(=O)c2ccc(CN)o2)CCO1. The molecule has 3 N–H and O–H groups in total. The summed E-state index contributed by atoms with van der Waals surface area (Å²) in [6.07, 6.45) is 1.30. The number of nitrogens with two attached hydrogens (primary N) is 1. The zero-order valence-electron chi connectivity index (χ0n) is 11.2. The second-order valence-corrected chi connectivity index (χ2v) is 6.99. The summed E-state index contributed by atoms with van der Waals surface area (Å²) < 4.78 is 37.7. The Morgan fingerprint density at radius 3 is 2.79 bits per heavy atom. The molecule has 6 nitrogen and oxygen atoms in total. The average molecular weight is 288 g/mol. The van der Waals surface area contributed by atoms with Gasteiger partial charge < -0.3 is 14.9 Å². The fraction of sp³-hybridized carbons (Fsp3) is 0.667. The average Bonchev–Trinajstić information content (AvgIpc) is 2.76. The summed E-state index contributed by atoms with van der Waals surface area (Å²) in [5.74, 6) is 0.452. The lowest BCUT2D eigenvalue weighted by Gasteiger charge is -2.35. The van der Waals surface area contributed by atoms with Crippen LogP contribution >= 0.6 is 0 Å². The van der Waals surface area contributed by atoms with Crippen LogP contribution in [0.15, 0.2) is 21.6 Å². The zero-order valence-corrected chi connectivity index (χ0v) is 12.0. The van der Waals surface area contributed by atoms with E-state index in [1.54, 1.807) is 6.07 Å². The normalized spacial score (nSPS) is 23.4. The summed E-state index contributed by atoms with van der Waals surface area (Å²) in [6, 6.07) is 2.86. The predicted octanol–water partition coefficient (Wildman–Crippen LogP) is 0.974. The van der Waals surface area contributed by atoms with Crippen LogP contribution in [0.1, 0.15) is 32.4 Å². The Balaban J connectivity index is 2.09. The molecule has 0 spiro atoms. The Kier molecular flexibility index (Phi) is 4.00. The van der Waals surface area contributed by atoms with Gasteiger partial charge in [-0.1, -0.05) is 0 Å². The molecule has 0 aromatic carbocycles. The second-order valence-electron chi connectivity index (χ2n) is 5.34. The van der Waals surface area contributed by atoms with Gasteiger partial charge in [0.1, 0.15) is 5.76 Å². The third-order valence-electron chi connectivity index (χ3n) is 3.12. The van der Waals surface area contributed by atoms with E-state index >= 15 is 0 Å². The fourth-order valence-corrected chi connectivity index (χ4v) is 3.44. The van der Waals surface area contributed by atoms with E-state index in [0.29, 0.717) is 25.2 Å². The molecular formula is C12H20N2O4S. The van der Waals surface area contributed by atoms with E-state index in [4.69, 9.17) is 14.9 Å². The maximum Gasteiger partial charge on any atom is 0.274 e. The van der Waals surface area contributed by atoms with Crippen molar-refractivity contribution in [2.45, 2.75) is 50.0 Å². The number of hydrogen-bond donors (Lipinski definition) is 2. The molecule has 1 aliphatic rings. The summed E-state index contributed by atoms with van der Waals surface area (Å²) in [5.41, 5.74) is 5.09. The summed E-state index contributed by atoms with van der Waals surface area (Å²) >= 11 is 0. The third-order valence-corrected chi connectivity index (χ3v) is 4.51. The molecule has 0 aliphatic carbocycles. The Hall–Kier alpha value is -0.890. The summed E-state index contributed by atoms with van der Waals surface area (Å²) in [5, 5.41) is -0.0859.